The number of anilines is 1. The average molecular weight is 1010 g/mol. The molecule has 386 valence electrons. The van der Waals surface area contributed by atoms with Crippen LogP contribution in [0.15, 0.2) is 146 Å². The van der Waals surface area contributed by atoms with Gasteiger partial charge < -0.3 is 57.4 Å². The van der Waals surface area contributed by atoms with Gasteiger partial charge in [-0.25, -0.2) is 0 Å². The Balaban J connectivity index is 1.10. The Kier molecular flexibility index (Phi) is 18.9. The summed E-state index contributed by atoms with van der Waals surface area (Å²) >= 11 is 0. The van der Waals surface area contributed by atoms with E-state index < -0.39 is 67.1 Å². The summed E-state index contributed by atoms with van der Waals surface area (Å²) in [5.74, 6) is -2.01. The van der Waals surface area contributed by atoms with E-state index in [9.17, 15) is 24.0 Å². The highest BCUT2D eigenvalue weighted by atomic mass is 16.7. The van der Waals surface area contributed by atoms with E-state index in [0.29, 0.717) is 28.5 Å². The van der Waals surface area contributed by atoms with Crippen LogP contribution in [0, 0.1) is 6.92 Å². The summed E-state index contributed by atoms with van der Waals surface area (Å²) in [5, 5.41) is 2.98. The molecule has 17 heteroatoms. The van der Waals surface area contributed by atoms with Gasteiger partial charge in [-0.3, -0.25) is 24.0 Å². The second-order valence-electron chi connectivity index (χ2n) is 16.8. The number of hydrogen-bond acceptors (Lipinski definition) is 16. The van der Waals surface area contributed by atoms with E-state index in [4.69, 9.17) is 52.1 Å². The van der Waals surface area contributed by atoms with Gasteiger partial charge in [-0.15, -0.1) is 0 Å². The zero-order valence-electron chi connectivity index (χ0n) is 41.5. The van der Waals surface area contributed by atoms with Gasteiger partial charge in [-0.1, -0.05) is 115 Å². The minimum absolute atomic E-state index is 0.0133. The van der Waals surface area contributed by atoms with E-state index in [1.807, 2.05) is 97.9 Å². The standard InChI is InChI=1S/C57H57NO16/c1-36-28-29-48(52(50(36)67-33-42-20-11-7-12-21-42)69-35-49-53(70-37(2)59)54(71-38(3)60)55(72-39(4)61)57(74-49)73-40(5)62)65-31-30-64-46-26-16-15-25-45(46)58-56(63)44-24-17-27-47(66-32-41-18-9-6-10-19-41)51(44)68-34-43-22-13-8-14-23-43/h6-29,49,53-55,57H,30-35H2,1-5H3,(H,58,63)/t49-,53-,54+,55-,57-/m1/s1. The van der Waals surface area contributed by atoms with Gasteiger partial charge >= 0.3 is 23.9 Å². The van der Waals surface area contributed by atoms with Crippen molar-refractivity contribution in [2.45, 2.75) is 85.1 Å². The molecule has 1 amide bonds. The highest BCUT2D eigenvalue weighted by Gasteiger charge is 2.53. The van der Waals surface area contributed by atoms with Gasteiger partial charge in [-0.2, -0.15) is 0 Å². The van der Waals surface area contributed by atoms with Crippen molar-refractivity contribution in [3.05, 3.63) is 173 Å². The van der Waals surface area contributed by atoms with Gasteiger partial charge in [0.15, 0.2) is 35.2 Å². The Hall–Kier alpha value is -8.57. The van der Waals surface area contributed by atoms with E-state index in [0.717, 1.165) is 44.4 Å². The highest BCUT2D eigenvalue weighted by Crippen LogP contribution is 2.42. The molecule has 1 saturated heterocycles. The van der Waals surface area contributed by atoms with Crippen LogP contribution in [-0.2, 0) is 62.7 Å². The molecule has 17 nitrogen and oxygen atoms in total. The zero-order chi connectivity index (χ0) is 52.4. The molecule has 1 aliphatic rings. The number of nitrogens with one attached hydrogen (secondary N) is 1. The predicted octanol–water partition coefficient (Wildman–Crippen LogP) is 8.90. The Bertz CT molecular complexity index is 2840. The van der Waals surface area contributed by atoms with E-state index in [-0.39, 0.29) is 55.8 Å². The summed E-state index contributed by atoms with van der Waals surface area (Å²) in [6, 6.07) is 44.3. The quantitative estimate of drug-likeness (QED) is 0.0362. The predicted molar refractivity (Wildman–Crippen MR) is 268 cm³/mol. The Morgan fingerprint density at radius 2 is 0.932 bits per heavy atom. The van der Waals surface area contributed by atoms with Gasteiger partial charge in [0, 0.05) is 27.7 Å². The van der Waals surface area contributed by atoms with Crippen molar-refractivity contribution in [3.8, 4) is 34.5 Å². The first kappa shape index (κ1) is 53.2. The third-order valence-electron chi connectivity index (χ3n) is 11.1. The van der Waals surface area contributed by atoms with Crippen molar-refractivity contribution in [3.63, 3.8) is 0 Å². The lowest BCUT2D eigenvalue weighted by atomic mass is 9.98. The fraction of sp³-hybridized carbons (Fsp3) is 0.281. The second-order valence-corrected chi connectivity index (χ2v) is 16.8. The minimum atomic E-state index is -1.60. The smallest absolute Gasteiger partial charge is 0.305 e. The molecule has 1 N–H and O–H groups in total. The first-order chi connectivity index (χ1) is 35.8. The Labute approximate surface area is 428 Å². The van der Waals surface area contributed by atoms with Crippen LogP contribution in [0.1, 0.15) is 60.3 Å². The Morgan fingerprint density at radius 1 is 0.446 bits per heavy atom. The van der Waals surface area contributed by atoms with Crippen LogP contribution in [0.2, 0.25) is 0 Å². The van der Waals surface area contributed by atoms with Crippen LogP contribution < -0.4 is 33.7 Å². The maximum Gasteiger partial charge on any atom is 0.305 e. The molecule has 0 unspecified atom stereocenters. The normalized spacial score (nSPS) is 16.9. The van der Waals surface area contributed by atoms with Crippen molar-refractivity contribution in [1.29, 1.82) is 0 Å². The molecule has 1 heterocycles. The maximum absolute atomic E-state index is 14.2. The molecule has 0 bridgehead atoms. The lowest BCUT2D eigenvalue weighted by Gasteiger charge is -2.43. The molecule has 7 rings (SSSR count). The molecule has 0 radical (unpaired) electrons. The summed E-state index contributed by atoms with van der Waals surface area (Å²) in [6.07, 6.45) is -7.32. The van der Waals surface area contributed by atoms with Crippen molar-refractivity contribution in [1.82, 2.24) is 0 Å². The number of amides is 1. The second kappa shape index (κ2) is 26.2. The van der Waals surface area contributed by atoms with Crippen molar-refractivity contribution < 1.29 is 76.1 Å². The molecular formula is C57H57NO16. The van der Waals surface area contributed by atoms with Gasteiger partial charge in [0.2, 0.25) is 18.1 Å². The lowest BCUT2D eigenvalue weighted by Crippen LogP contribution is -2.63. The van der Waals surface area contributed by atoms with E-state index >= 15 is 0 Å². The molecule has 0 aromatic heterocycles. The van der Waals surface area contributed by atoms with Crippen LogP contribution in [-0.4, -0.2) is 80.3 Å². The molecule has 6 aromatic carbocycles. The summed E-state index contributed by atoms with van der Waals surface area (Å²) in [4.78, 5) is 63.7. The molecule has 0 saturated carbocycles. The number of benzene rings is 6. The van der Waals surface area contributed by atoms with Crippen LogP contribution in [0.5, 0.6) is 34.5 Å². The lowest BCUT2D eigenvalue weighted by molar-refractivity contribution is -0.298. The first-order valence-electron chi connectivity index (χ1n) is 23.7. The largest absolute Gasteiger partial charge is 0.488 e. The highest BCUT2D eigenvalue weighted by molar-refractivity contribution is 6.07. The van der Waals surface area contributed by atoms with E-state index in [2.05, 4.69) is 5.32 Å². The number of carbonyl (C=O) groups is 5. The van der Waals surface area contributed by atoms with Gasteiger partial charge in [0.1, 0.15) is 51.5 Å². The topological polar surface area (TPSA) is 199 Å². The number of hydrogen-bond donors (Lipinski definition) is 1. The van der Waals surface area contributed by atoms with Gasteiger partial charge in [-0.05, 0) is 59.5 Å². The van der Waals surface area contributed by atoms with Crippen LogP contribution in [0.4, 0.5) is 5.69 Å². The number of ether oxygens (including phenoxy) is 11. The third-order valence-corrected chi connectivity index (χ3v) is 11.1. The van der Waals surface area contributed by atoms with Crippen molar-refractivity contribution in [2.75, 3.05) is 25.1 Å². The molecule has 6 aromatic rings. The summed E-state index contributed by atoms with van der Waals surface area (Å²) in [7, 11) is 0. The number of para-hydroxylation sites is 3. The summed E-state index contributed by atoms with van der Waals surface area (Å²) < 4.78 is 66.0. The number of rotatable bonds is 23. The molecule has 1 fully saturated rings. The van der Waals surface area contributed by atoms with Gasteiger partial charge in [0.25, 0.3) is 5.91 Å². The van der Waals surface area contributed by atoms with E-state index in [1.54, 1.807) is 54.6 Å². The van der Waals surface area contributed by atoms with Gasteiger partial charge in [0.05, 0.1) is 11.3 Å². The van der Waals surface area contributed by atoms with E-state index in [1.165, 1.54) is 0 Å². The van der Waals surface area contributed by atoms with Crippen LogP contribution in [0.25, 0.3) is 0 Å². The van der Waals surface area contributed by atoms with Crippen LogP contribution in [0.3, 0.4) is 0 Å². The number of carbonyl (C=O) groups excluding carboxylic acids is 5. The summed E-state index contributed by atoms with van der Waals surface area (Å²) in [5.41, 5.74) is 4.00. The van der Waals surface area contributed by atoms with Crippen LogP contribution >= 0.6 is 0 Å². The summed E-state index contributed by atoms with van der Waals surface area (Å²) in [6.45, 7) is 6.40. The molecular weight excluding hydrogens is 955 g/mol. The number of aryl methyl sites for hydroxylation is 1. The van der Waals surface area contributed by atoms with Crippen molar-refractivity contribution in [2.24, 2.45) is 0 Å². The molecule has 0 aliphatic carbocycles. The zero-order valence-corrected chi connectivity index (χ0v) is 41.5. The minimum Gasteiger partial charge on any atom is -0.488 e. The fourth-order valence-corrected chi connectivity index (χ4v) is 7.83. The van der Waals surface area contributed by atoms with Crippen molar-refractivity contribution >= 4 is 35.5 Å². The first-order valence-corrected chi connectivity index (χ1v) is 23.7. The maximum atomic E-state index is 14.2. The molecule has 0 spiro atoms. The SMILES string of the molecule is CC(=O)O[C@@H]1O[C@H](COc2c(OCCOc3ccccc3NC(=O)c3cccc(OCc4ccccc4)c3OCc3ccccc3)ccc(C)c2OCc2ccccc2)[C@@H](OC(C)=O)[C@H](OC(C)=O)[C@H]1OC(C)=O. The molecule has 5 atom stereocenters. The molecule has 74 heavy (non-hydrogen) atoms. The third kappa shape index (κ3) is 15.0. The number of esters is 4. The Morgan fingerprint density at radius 3 is 1.53 bits per heavy atom. The average Bonchev–Trinajstić information content (AvgIpc) is 3.38. The molecule has 1 aliphatic heterocycles. The fourth-order valence-electron chi connectivity index (χ4n) is 7.83. The monoisotopic (exact) mass is 1010 g/mol.